The van der Waals surface area contributed by atoms with Crippen LogP contribution in [0.1, 0.15) is 20.8 Å². The summed E-state index contributed by atoms with van der Waals surface area (Å²) in [7, 11) is 0. The molecule has 1 amide bonds. The van der Waals surface area contributed by atoms with E-state index < -0.39 is 5.41 Å². The van der Waals surface area contributed by atoms with E-state index >= 15 is 0 Å². The number of oxime groups is 1. The molecule has 7 nitrogen and oxygen atoms in total. The Morgan fingerprint density at radius 1 is 1.56 bits per heavy atom. The third kappa shape index (κ3) is 2.91. The van der Waals surface area contributed by atoms with Crippen molar-refractivity contribution >= 4 is 11.7 Å². The Morgan fingerprint density at radius 3 is 2.67 bits per heavy atom. The Hall–Kier alpha value is -1.34. The van der Waals surface area contributed by atoms with Crippen LogP contribution in [0.15, 0.2) is 5.16 Å². The Bertz CT molecular complexity index is 343. The standard InChI is InChI=1S/C11H21N3O4/c1-7-4-14(5-8(6-15)18-7)10(16)11(2,3)9(12)13-17/h7-8,15,17H,4-6H2,1-3H3,(H2,12,13). The molecule has 1 aliphatic rings. The largest absolute Gasteiger partial charge is 0.409 e. The van der Waals surface area contributed by atoms with Gasteiger partial charge in [0.05, 0.1) is 18.8 Å². The fourth-order valence-corrected chi connectivity index (χ4v) is 1.94. The SMILES string of the molecule is CC1CN(C(=O)C(C)(C)C(N)=NO)CC(CO)O1. The second kappa shape index (κ2) is 5.53. The van der Waals surface area contributed by atoms with Gasteiger partial charge in [-0.15, -0.1) is 0 Å². The summed E-state index contributed by atoms with van der Waals surface area (Å²) in [5, 5.41) is 20.7. The minimum atomic E-state index is -1.08. The van der Waals surface area contributed by atoms with Gasteiger partial charge in [0.1, 0.15) is 5.41 Å². The summed E-state index contributed by atoms with van der Waals surface area (Å²) in [5.74, 6) is -0.376. The van der Waals surface area contributed by atoms with Crippen molar-refractivity contribution in [2.45, 2.75) is 33.0 Å². The first-order valence-electron chi connectivity index (χ1n) is 5.86. The number of nitrogens with zero attached hydrogens (tertiary/aromatic N) is 2. The number of hydrogen-bond acceptors (Lipinski definition) is 5. The molecule has 0 saturated carbocycles. The average Bonchev–Trinajstić information content (AvgIpc) is 2.35. The molecule has 1 saturated heterocycles. The number of hydrogen-bond donors (Lipinski definition) is 3. The predicted octanol–water partition coefficient (Wildman–Crippen LogP) is -0.633. The molecule has 0 spiro atoms. The van der Waals surface area contributed by atoms with Gasteiger partial charge >= 0.3 is 0 Å². The summed E-state index contributed by atoms with van der Waals surface area (Å²) in [6.45, 7) is 5.62. The zero-order chi connectivity index (χ0) is 13.9. The van der Waals surface area contributed by atoms with Gasteiger partial charge in [-0.3, -0.25) is 4.79 Å². The summed E-state index contributed by atoms with van der Waals surface area (Å²) < 4.78 is 5.46. The summed E-state index contributed by atoms with van der Waals surface area (Å²) in [6, 6.07) is 0. The summed E-state index contributed by atoms with van der Waals surface area (Å²) >= 11 is 0. The molecule has 1 heterocycles. The molecular weight excluding hydrogens is 238 g/mol. The molecule has 1 aliphatic heterocycles. The van der Waals surface area contributed by atoms with Crippen LogP contribution in [0.4, 0.5) is 0 Å². The maximum Gasteiger partial charge on any atom is 0.236 e. The number of morpholine rings is 1. The number of carbonyl (C=O) groups excluding carboxylic acids is 1. The lowest BCUT2D eigenvalue weighted by Gasteiger charge is -2.39. The molecule has 0 aliphatic carbocycles. The van der Waals surface area contributed by atoms with Gasteiger partial charge in [0.2, 0.25) is 5.91 Å². The predicted molar refractivity (Wildman–Crippen MR) is 65.2 cm³/mol. The molecule has 1 fully saturated rings. The molecule has 0 aromatic heterocycles. The molecule has 0 bridgehead atoms. The molecular formula is C11H21N3O4. The number of aliphatic hydroxyl groups is 1. The van der Waals surface area contributed by atoms with Gasteiger partial charge < -0.3 is 25.7 Å². The lowest BCUT2D eigenvalue weighted by Crippen LogP contribution is -2.56. The lowest BCUT2D eigenvalue weighted by atomic mass is 9.89. The summed E-state index contributed by atoms with van der Waals surface area (Å²) in [5.41, 5.74) is 4.45. The van der Waals surface area contributed by atoms with E-state index in [1.54, 1.807) is 18.7 Å². The molecule has 0 aromatic rings. The maximum absolute atomic E-state index is 12.3. The van der Waals surface area contributed by atoms with Gasteiger partial charge in [-0.2, -0.15) is 0 Å². The smallest absolute Gasteiger partial charge is 0.236 e. The molecule has 7 heteroatoms. The van der Waals surface area contributed by atoms with E-state index in [2.05, 4.69) is 5.16 Å². The highest BCUT2D eigenvalue weighted by atomic mass is 16.5. The summed E-state index contributed by atoms with van der Waals surface area (Å²) in [6.07, 6.45) is -0.538. The van der Waals surface area contributed by atoms with Crippen LogP contribution >= 0.6 is 0 Å². The number of aliphatic hydroxyl groups excluding tert-OH is 1. The van der Waals surface area contributed by atoms with Gasteiger partial charge in [0, 0.05) is 13.1 Å². The maximum atomic E-state index is 12.3. The van der Waals surface area contributed by atoms with Crippen LogP contribution in [-0.4, -0.2) is 58.9 Å². The Balaban J connectivity index is 2.83. The van der Waals surface area contributed by atoms with Crippen LogP contribution in [0.5, 0.6) is 0 Å². The fraction of sp³-hybridized carbons (Fsp3) is 0.818. The molecule has 18 heavy (non-hydrogen) atoms. The van der Waals surface area contributed by atoms with Gasteiger partial charge in [-0.1, -0.05) is 5.16 Å². The minimum Gasteiger partial charge on any atom is -0.409 e. The second-order valence-corrected chi connectivity index (χ2v) is 5.07. The van der Waals surface area contributed by atoms with Crippen molar-refractivity contribution in [1.29, 1.82) is 0 Å². The molecule has 4 N–H and O–H groups in total. The number of ether oxygens (including phenoxy) is 1. The van der Waals surface area contributed by atoms with Crippen molar-refractivity contribution in [3.05, 3.63) is 0 Å². The van der Waals surface area contributed by atoms with E-state index in [1.165, 1.54) is 0 Å². The first kappa shape index (κ1) is 14.7. The molecule has 1 rings (SSSR count). The van der Waals surface area contributed by atoms with E-state index in [4.69, 9.17) is 20.8 Å². The van der Waals surface area contributed by atoms with Crippen molar-refractivity contribution in [2.24, 2.45) is 16.3 Å². The van der Waals surface area contributed by atoms with Gasteiger partial charge in [-0.25, -0.2) is 0 Å². The first-order valence-corrected chi connectivity index (χ1v) is 5.86. The van der Waals surface area contributed by atoms with Crippen molar-refractivity contribution in [2.75, 3.05) is 19.7 Å². The van der Waals surface area contributed by atoms with Crippen LogP contribution in [0.25, 0.3) is 0 Å². The Kier molecular flexibility index (Phi) is 4.53. The second-order valence-electron chi connectivity index (χ2n) is 5.07. The first-order chi connectivity index (χ1) is 8.32. The highest BCUT2D eigenvalue weighted by molar-refractivity contribution is 6.05. The van der Waals surface area contributed by atoms with Crippen molar-refractivity contribution in [3.8, 4) is 0 Å². The average molecular weight is 259 g/mol. The van der Waals surface area contributed by atoms with Crippen LogP contribution in [0.2, 0.25) is 0 Å². The molecule has 2 unspecified atom stereocenters. The Morgan fingerprint density at radius 2 is 2.17 bits per heavy atom. The van der Waals surface area contributed by atoms with E-state index in [-0.39, 0.29) is 30.6 Å². The monoisotopic (exact) mass is 259 g/mol. The lowest BCUT2D eigenvalue weighted by molar-refractivity contribution is -0.152. The number of rotatable bonds is 3. The molecule has 0 radical (unpaired) electrons. The number of carbonyl (C=O) groups is 1. The summed E-state index contributed by atoms with van der Waals surface area (Å²) in [4.78, 5) is 13.9. The number of amides is 1. The van der Waals surface area contributed by atoms with Crippen molar-refractivity contribution in [1.82, 2.24) is 4.90 Å². The van der Waals surface area contributed by atoms with Crippen molar-refractivity contribution < 1.29 is 19.8 Å². The quantitative estimate of drug-likeness (QED) is 0.270. The number of amidine groups is 1. The zero-order valence-electron chi connectivity index (χ0n) is 11.0. The molecule has 0 aromatic carbocycles. The minimum absolute atomic E-state index is 0.132. The molecule has 2 atom stereocenters. The van der Waals surface area contributed by atoms with Gasteiger partial charge in [0.25, 0.3) is 0 Å². The third-order valence-corrected chi connectivity index (χ3v) is 3.10. The van der Waals surface area contributed by atoms with E-state index in [9.17, 15) is 4.79 Å². The van der Waals surface area contributed by atoms with Crippen LogP contribution in [0.3, 0.4) is 0 Å². The topological polar surface area (TPSA) is 108 Å². The Labute approximate surface area is 106 Å². The van der Waals surface area contributed by atoms with Crippen LogP contribution in [-0.2, 0) is 9.53 Å². The highest BCUT2D eigenvalue weighted by Crippen LogP contribution is 2.22. The molecule has 104 valence electrons. The van der Waals surface area contributed by atoms with Crippen molar-refractivity contribution in [3.63, 3.8) is 0 Å². The van der Waals surface area contributed by atoms with E-state index in [1.807, 2.05) is 6.92 Å². The van der Waals surface area contributed by atoms with Gasteiger partial charge in [-0.05, 0) is 20.8 Å². The normalized spacial score (nSPS) is 26.2. The third-order valence-electron chi connectivity index (χ3n) is 3.10. The van der Waals surface area contributed by atoms with E-state index in [0.29, 0.717) is 13.1 Å². The van der Waals surface area contributed by atoms with Gasteiger partial charge in [0.15, 0.2) is 5.84 Å². The zero-order valence-corrected chi connectivity index (χ0v) is 11.0. The van der Waals surface area contributed by atoms with Crippen LogP contribution < -0.4 is 5.73 Å². The van der Waals surface area contributed by atoms with Crippen LogP contribution in [0, 0.1) is 5.41 Å². The fourth-order valence-electron chi connectivity index (χ4n) is 1.94. The number of nitrogens with two attached hydrogens (primary N) is 1. The highest BCUT2D eigenvalue weighted by Gasteiger charge is 2.39. The van der Waals surface area contributed by atoms with E-state index in [0.717, 1.165) is 0 Å².